The molecule has 3 aromatic heterocycles. The van der Waals surface area contributed by atoms with Gasteiger partial charge in [-0.25, -0.2) is 28.5 Å². The van der Waals surface area contributed by atoms with Crippen LogP contribution in [0.1, 0.15) is 17.5 Å². The summed E-state index contributed by atoms with van der Waals surface area (Å²) in [5.74, 6) is 0.881. The molecule has 0 saturated heterocycles. The van der Waals surface area contributed by atoms with Gasteiger partial charge in [0.25, 0.3) is 0 Å². The second-order valence-electron chi connectivity index (χ2n) is 7.60. The van der Waals surface area contributed by atoms with E-state index in [1.807, 2.05) is 30.3 Å². The zero-order valence-electron chi connectivity index (χ0n) is 18.5. The van der Waals surface area contributed by atoms with Crippen LogP contribution in [0.5, 0.6) is 0 Å². The molecule has 0 radical (unpaired) electrons. The van der Waals surface area contributed by atoms with Crippen LogP contribution in [0.15, 0.2) is 61.1 Å². The lowest BCUT2D eigenvalue weighted by Crippen LogP contribution is -2.36. The van der Waals surface area contributed by atoms with Gasteiger partial charge in [-0.3, -0.25) is 4.98 Å². The minimum absolute atomic E-state index is 0.0111. The summed E-state index contributed by atoms with van der Waals surface area (Å²) in [7, 11) is 0. The zero-order chi connectivity index (χ0) is 24.4. The second-order valence-corrected chi connectivity index (χ2v) is 8.00. The largest absolute Gasteiger partial charge is 0.331 e. The Labute approximate surface area is 203 Å². The maximum Gasteiger partial charge on any atom is 0.315 e. The topological polar surface area (TPSA) is 115 Å². The molecule has 5 rings (SSSR count). The number of para-hydroxylation sites is 1. The number of benzene rings is 2. The molecule has 0 atom stereocenters. The van der Waals surface area contributed by atoms with Gasteiger partial charge in [0, 0.05) is 11.5 Å². The zero-order valence-corrected chi connectivity index (χ0v) is 19.2. The summed E-state index contributed by atoms with van der Waals surface area (Å²) in [6.07, 6.45) is 3.12. The summed E-state index contributed by atoms with van der Waals surface area (Å²) >= 11 is 5.77. The van der Waals surface area contributed by atoms with Crippen LogP contribution in [-0.2, 0) is 13.1 Å². The molecule has 0 aliphatic heterocycles. The number of hydrogen-bond acceptors (Lipinski definition) is 6. The molecule has 2 aromatic carbocycles. The number of rotatable bonds is 6. The minimum atomic E-state index is -0.570. The summed E-state index contributed by atoms with van der Waals surface area (Å²) < 4.78 is 17.0. The molecule has 0 saturated carbocycles. The number of carbonyl (C=O) groups excluding carboxylic acids is 1. The van der Waals surface area contributed by atoms with Crippen LogP contribution in [-0.4, -0.2) is 40.5 Å². The van der Waals surface area contributed by atoms with Crippen molar-refractivity contribution in [1.82, 2.24) is 45.1 Å². The van der Waals surface area contributed by atoms with Crippen LogP contribution in [0.3, 0.4) is 0 Å². The first kappa shape index (κ1) is 22.4. The van der Waals surface area contributed by atoms with E-state index in [0.29, 0.717) is 23.2 Å². The Balaban J connectivity index is 1.24. The molecule has 12 heteroatoms. The molecule has 0 fully saturated rings. The Morgan fingerprint density at radius 1 is 1.00 bits per heavy atom. The first-order chi connectivity index (χ1) is 17.0. The Kier molecular flexibility index (Phi) is 6.06. The van der Waals surface area contributed by atoms with Gasteiger partial charge in [0.1, 0.15) is 18.0 Å². The quantitative estimate of drug-likeness (QED) is 0.375. The van der Waals surface area contributed by atoms with E-state index in [-0.39, 0.29) is 18.1 Å². The van der Waals surface area contributed by atoms with Crippen molar-refractivity contribution < 1.29 is 9.18 Å². The molecule has 3 heterocycles. The molecular weight excluding hydrogens is 473 g/mol. The number of nitrogens with one attached hydrogen (secondary N) is 2. The van der Waals surface area contributed by atoms with Crippen molar-refractivity contribution >= 4 is 28.5 Å². The van der Waals surface area contributed by atoms with E-state index in [1.165, 1.54) is 23.1 Å². The second kappa shape index (κ2) is 9.47. The van der Waals surface area contributed by atoms with Crippen LogP contribution < -0.4 is 10.6 Å². The SMILES string of the molecule is Cc1nc(CNC(=O)NCc2ncnn2-c2cnc3ccccc3c2)n(-c2ccc(Cl)c(F)c2)n1. The molecule has 2 amide bonds. The molecule has 35 heavy (non-hydrogen) atoms. The van der Waals surface area contributed by atoms with Gasteiger partial charge in [0.2, 0.25) is 0 Å². The molecule has 0 aliphatic rings. The molecular formula is C23H19ClFN9O. The van der Waals surface area contributed by atoms with Gasteiger partial charge in [-0.1, -0.05) is 29.8 Å². The number of urea groups is 1. The summed E-state index contributed by atoms with van der Waals surface area (Å²) in [6.45, 7) is 1.91. The van der Waals surface area contributed by atoms with Crippen molar-refractivity contribution in [2.24, 2.45) is 0 Å². The van der Waals surface area contributed by atoms with Gasteiger partial charge < -0.3 is 10.6 Å². The molecule has 176 valence electrons. The fourth-order valence-electron chi connectivity index (χ4n) is 3.55. The average Bonchev–Trinajstić information content (AvgIpc) is 3.49. The predicted octanol–water partition coefficient (Wildman–Crippen LogP) is 3.50. The molecule has 10 nitrogen and oxygen atoms in total. The van der Waals surface area contributed by atoms with Crippen molar-refractivity contribution in [2.75, 3.05) is 0 Å². The van der Waals surface area contributed by atoms with Crippen molar-refractivity contribution in [3.05, 3.63) is 89.4 Å². The van der Waals surface area contributed by atoms with E-state index in [0.717, 1.165) is 16.6 Å². The average molecular weight is 492 g/mol. The number of hydrogen-bond donors (Lipinski definition) is 2. The van der Waals surface area contributed by atoms with E-state index < -0.39 is 11.8 Å². The Hall–Kier alpha value is -4.38. The molecule has 5 aromatic rings. The van der Waals surface area contributed by atoms with Crippen molar-refractivity contribution in [3.8, 4) is 11.4 Å². The summed E-state index contributed by atoms with van der Waals surface area (Å²) in [5.41, 5.74) is 2.05. The number of carbonyl (C=O) groups is 1. The lowest BCUT2D eigenvalue weighted by atomic mass is 10.2. The van der Waals surface area contributed by atoms with Crippen LogP contribution in [0.2, 0.25) is 5.02 Å². The number of pyridine rings is 1. The molecule has 0 unspecified atom stereocenters. The van der Waals surface area contributed by atoms with Crippen LogP contribution in [0, 0.1) is 12.7 Å². The Morgan fingerprint density at radius 3 is 2.63 bits per heavy atom. The summed E-state index contributed by atoms with van der Waals surface area (Å²) in [5, 5.41) is 15.0. The van der Waals surface area contributed by atoms with Crippen molar-refractivity contribution in [1.29, 1.82) is 0 Å². The Bertz CT molecular complexity index is 1530. The van der Waals surface area contributed by atoms with Gasteiger partial charge >= 0.3 is 6.03 Å². The first-order valence-electron chi connectivity index (χ1n) is 10.6. The van der Waals surface area contributed by atoms with Gasteiger partial charge in [-0.15, -0.1) is 0 Å². The fourth-order valence-corrected chi connectivity index (χ4v) is 3.67. The lowest BCUT2D eigenvalue weighted by Gasteiger charge is -2.10. The molecule has 0 spiro atoms. The maximum absolute atomic E-state index is 13.9. The number of fused-ring (bicyclic) bond motifs is 1. The molecule has 2 N–H and O–H groups in total. The van der Waals surface area contributed by atoms with Crippen molar-refractivity contribution in [3.63, 3.8) is 0 Å². The summed E-state index contributed by atoms with van der Waals surface area (Å²) in [4.78, 5) is 25.5. The molecule has 0 bridgehead atoms. The third-order valence-corrected chi connectivity index (χ3v) is 5.49. The van der Waals surface area contributed by atoms with Gasteiger partial charge in [-0.2, -0.15) is 10.2 Å². The molecule has 0 aliphatic carbocycles. The smallest absolute Gasteiger partial charge is 0.315 e. The number of aromatic nitrogens is 7. The van der Waals surface area contributed by atoms with E-state index >= 15 is 0 Å². The highest BCUT2D eigenvalue weighted by atomic mass is 35.5. The number of halogens is 2. The lowest BCUT2D eigenvalue weighted by molar-refractivity contribution is 0.239. The van der Waals surface area contributed by atoms with E-state index in [2.05, 4.69) is 35.8 Å². The monoisotopic (exact) mass is 491 g/mol. The van der Waals surface area contributed by atoms with Gasteiger partial charge in [0.05, 0.1) is 41.2 Å². The highest BCUT2D eigenvalue weighted by Gasteiger charge is 2.14. The van der Waals surface area contributed by atoms with Crippen LogP contribution >= 0.6 is 11.6 Å². The maximum atomic E-state index is 13.9. The van der Waals surface area contributed by atoms with E-state index in [9.17, 15) is 9.18 Å². The summed E-state index contributed by atoms with van der Waals surface area (Å²) in [6, 6.07) is 13.6. The third kappa shape index (κ3) is 4.80. The van der Waals surface area contributed by atoms with Gasteiger partial charge in [-0.05, 0) is 31.2 Å². The standard InChI is InChI=1S/C23H19ClFN9O/c1-14-31-22(34(32-14)16-6-7-18(24)19(25)9-16)12-28-23(35)27-11-21-29-13-30-33(21)17-8-15-4-2-3-5-20(15)26-10-17/h2-10,13H,11-12H2,1H3,(H2,27,28,35). The normalized spacial score (nSPS) is 11.1. The fraction of sp³-hybridized carbons (Fsp3) is 0.130. The highest BCUT2D eigenvalue weighted by molar-refractivity contribution is 6.30. The number of amides is 2. The first-order valence-corrected chi connectivity index (χ1v) is 11.0. The third-order valence-electron chi connectivity index (χ3n) is 5.18. The number of nitrogens with zero attached hydrogens (tertiary/aromatic N) is 7. The van der Waals surface area contributed by atoms with E-state index in [4.69, 9.17) is 11.6 Å². The van der Waals surface area contributed by atoms with Crippen LogP contribution in [0.4, 0.5) is 9.18 Å². The highest BCUT2D eigenvalue weighted by Crippen LogP contribution is 2.19. The minimum Gasteiger partial charge on any atom is -0.331 e. The Morgan fingerprint density at radius 2 is 1.80 bits per heavy atom. The van der Waals surface area contributed by atoms with Gasteiger partial charge in [0.15, 0.2) is 11.6 Å². The van der Waals surface area contributed by atoms with E-state index in [1.54, 1.807) is 23.9 Å². The van der Waals surface area contributed by atoms with Crippen LogP contribution in [0.25, 0.3) is 22.3 Å². The van der Waals surface area contributed by atoms with Crippen molar-refractivity contribution in [2.45, 2.75) is 20.0 Å². The predicted molar refractivity (Wildman–Crippen MR) is 127 cm³/mol. The number of aryl methyl sites for hydroxylation is 1.